The fourth-order valence-electron chi connectivity index (χ4n) is 3.12. The van der Waals surface area contributed by atoms with Crippen molar-refractivity contribution in [2.24, 2.45) is 0 Å². The summed E-state index contributed by atoms with van der Waals surface area (Å²) >= 11 is 0. The Labute approximate surface area is 178 Å². The lowest BCUT2D eigenvalue weighted by Gasteiger charge is -2.19. The third kappa shape index (κ3) is 5.32. The summed E-state index contributed by atoms with van der Waals surface area (Å²) < 4.78 is 11.3. The number of carbonyl (C=O) groups excluding carboxylic acids is 1. The van der Waals surface area contributed by atoms with Gasteiger partial charge in [-0.2, -0.15) is 0 Å². The number of rotatable bonds is 8. The van der Waals surface area contributed by atoms with Crippen molar-refractivity contribution in [2.75, 3.05) is 33.2 Å². The van der Waals surface area contributed by atoms with Gasteiger partial charge in [0.15, 0.2) is 11.5 Å². The van der Waals surface area contributed by atoms with Crippen molar-refractivity contribution in [2.45, 2.75) is 13.2 Å². The van der Waals surface area contributed by atoms with Crippen LogP contribution < -0.4 is 14.4 Å². The van der Waals surface area contributed by atoms with Crippen molar-refractivity contribution in [3.8, 4) is 11.5 Å². The summed E-state index contributed by atoms with van der Waals surface area (Å²) in [5.74, 6) is 1.08. The Morgan fingerprint density at radius 3 is 2.17 bits per heavy atom. The Morgan fingerprint density at radius 1 is 0.833 bits per heavy atom. The van der Waals surface area contributed by atoms with Gasteiger partial charge < -0.3 is 19.3 Å². The molecule has 0 unspecified atom stereocenters. The van der Waals surface area contributed by atoms with Gasteiger partial charge in [-0.05, 0) is 41.5 Å². The van der Waals surface area contributed by atoms with Crippen molar-refractivity contribution < 1.29 is 14.3 Å². The molecule has 0 N–H and O–H groups in total. The molecule has 0 heterocycles. The van der Waals surface area contributed by atoms with Crippen molar-refractivity contribution in [1.29, 1.82) is 0 Å². The Bertz CT molecular complexity index is 969. The van der Waals surface area contributed by atoms with Crippen LogP contribution in [0.3, 0.4) is 0 Å². The van der Waals surface area contributed by atoms with E-state index in [0.29, 0.717) is 30.2 Å². The first kappa shape index (κ1) is 21.2. The number of methoxy groups -OCH3 is 1. The maximum atomic E-state index is 12.9. The summed E-state index contributed by atoms with van der Waals surface area (Å²) in [6.45, 7) is 0.967. The number of nitrogens with zero attached hydrogens (tertiary/aromatic N) is 2. The monoisotopic (exact) mass is 404 g/mol. The lowest BCUT2D eigenvalue weighted by atomic mass is 10.1. The van der Waals surface area contributed by atoms with Crippen LogP contribution in [0.5, 0.6) is 11.5 Å². The zero-order chi connectivity index (χ0) is 21.5. The van der Waals surface area contributed by atoms with Gasteiger partial charge in [0.25, 0.3) is 5.91 Å². The number of anilines is 1. The molecule has 0 atom stereocenters. The molecule has 3 rings (SSSR count). The molecule has 1 amide bonds. The second-order valence-corrected chi connectivity index (χ2v) is 7.36. The van der Waals surface area contributed by atoms with Crippen LogP contribution in [-0.4, -0.2) is 39.1 Å². The minimum atomic E-state index is -0.0698. The largest absolute Gasteiger partial charge is 0.493 e. The second-order valence-electron chi connectivity index (χ2n) is 7.36. The zero-order valence-corrected chi connectivity index (χ0v) is 18.0. The van der Waals surface area contributed by atoms with E-state index in [-0.39, 0.29) is 5.91 Å². The van der Waals surface area contributed by atoms with Gasteiger partial charge in [-0.15, -0.1) is 0 Å². The number of hydrogen-bond donors (Lipinski definition) is 0. The summed E-state index contributed by atoms with van der Waals surface area (Å²) in [4.78, 5) is 16.7. The number of carbonyl (C=O) groups is 1. The van der Waals surface area contributed by atoms with E-state index in [4.69, 9.17) is 9.47 Å². The Hall–Kier alpha value is -3.47. The lowest BCUT2D eigenvalue weighted by Crippen LogP contribution is -2.26. The highest BCUT2D eigenvalue weighted by Crippen LogP contribution is 2.29. The van der Waals surface area contributed by atoms with Gasteiger partial charge >= 0.3 is 0 Å². The number of benzene rings is 3. The predicted molar refractivity (Wildman–Crippen MR) is 120 cm³/mol. The molecule has 3 aromatic carbocycles. The molecule has 5 heteroatoms. The molecule has 0 radical (unpaired) electrons. The van der Waals surface area contributed by atoms with E-state index >= 15 is 0 Å². The van der Waals surface area contributed by atoms with Crippen LogP contribution in [0.4, 0.5) is 5.69 Å². The first-order valence-corrected chi connectivity index (χ1v) is 9.84. The summed E-state index contributed by atoms with van der Waals surface area (Å²) in [6.07, 6.45) is 0. The smallest absolute Gasteiger partial charge is 0.254 e. The summed E-state index contributed by atoms with van der Waals surface area (Å²) in [7, 11) is 7.39. The molecule has 3 aromatic rings. The fourth-order valence-corrected chi connectivity index (χ4v) is 3.12. The maximum absolute atomic E-state index is 12.9. The van der Waals surface area contributed by atoms with Crippen LogP contribution >= 0.6 is 0 Å². The van der Waals surface area contributed by atoms with Crippen molar-refractivity contribution >= 4 is 11.6 Å². The van der Waals surface area contributed by atoms with E-state index in [1.165, 1.54) is 0 Å². The van der Waals surface area contributed by atoms with Crippen LogP contribution in [0, 0.1) is 0 Å². The molecule has 0 aliphatic heterocycles. The standard InChI is InChI=1S/C25H28N2O3/c1-26(2)22-13-10-19(11-14-22)17-27(3)25(28)21-12-15-23(24(16-21)29-4)30-18-20-8-6-5-7-9-20/h5-16H,17-18H2,1-4H3. The van der Waals surface area contributed by atoms with Crippen LogP contribution in [0.1, 0.15) is 21.5 Å². The van der Waals surface area contributed by atoms with E-state index in [1.54, 1.807) is 37.3 Å². The zero-order valence-electron chi connectivity index (χ0n) is 18.0. The van der Waals surface area contributed by atoms with Crippen LogP contribution in [0.15, 0.2) is 72.8 Å². The average Bonchev–Trinajstić information content (AvgIpc) is 2.78. The molecule has 30 heavy (non-hydrogen) atoms. The third-order valence-electron chi connectivity index (χ3n) is 4.87. The van der Waals surface area contributed by atoms with Crippen molar-refractivity contribution in [3.63, 3.8) is 0 Å². The molecule has 0 aliphatic rings. The van der Waals surface area contributed by atoms with Gasteiger partial charge in [-0.3, -0.25) is 4.79 Å². The van der Waals surface area contributed by atoms with E-state index < -0.39 is 0 Å². The molecule has 0 aliphatic carbocycles. The molecule has 0 fully saturated rings. The van der Waals surface area contributed by atoms with Crippen molar-refractivity contribution in [3.05, 3.63) is 89.5 Å². The summed E-state index contributed by atoms with van der Waals surface area (Å²) in [6, 6.07) is 23.4. The van der Waals surface area contributed by atoms with Crippen LogP contribution in [0.25, 0.3) is 0 Å². The Morgan fingerprint density at radius 2 is 1.53 bits per heavy atom. The third-order valence-corrected chi connectivity index (χ3v) is 4.87. The predicted octanol–water partition coefficient (Wildman–Crippen LogP) is 4.61. The quantitative estimate of drug-likeness (QED) is 0.550. The number of hydrogen-bond acceptors (Lipinski definition) is 4. The normalized spacial score (nSPS) is 10.4. The summed E-state index contributed by atoms with van der Waals surface area (Å²) in [5, 5.41) is 0. The summed E-state index contributed by atoms with van der Waals surface area (Å²) in [5.41, 5.74) is 3.83. The highest BCUT2D eigenvalue weighted by molar-refractivity contribution is 5.94. The Kier molecular flexibility index (Phi) is 6.96. The second kappa shape index (κ2) is 9.83. The molecule has 0 saturated heterocycles. The molecule has 5 nitrogen and oxygen atoms in total. The van der Waals surface area contributed by atoms with E-state index in [2.05, 4.69) is 12.1 Å². The van der Waals surface area contributed by atoms with Gasteiger partial charge in [-0.25, -0.2) is 0 Å². The van der Waals surface area contributed by atoms with Gasteiger partial charge in [0, 0.05) is 38.9 Å². The van der Waals surface area contributed by atoms with Gasteiger partial charge in [0.2, 0.25) is 0 Å². The minimum Gasteiger partial charge on any atom is -0.493 e. The number of ether oxygens (including phenoxy) is 2. The van der Waals surface area contributed by atoms with Gasteiger partial charge in [-0.1, -0.05) is 42.5 Å². The highest BCUT2D eigenvalue weighted by Gasteiger charge is 2.15. The van der Waals surface area contributed by atoms with E-state index in [1.807, 2.05) is 61.5 Å². The topological polar surface area (TPSA) is 42.0 Å². The molecule has 0 saturated carbocycles. The first-order chi connectivity index (χ1) is 14.5. The number of amides is 1. The molecular formula is C25H28N2O3. The highest BCUT2D eigenvalue weighted by atomic mass is 16.5. The van der Waals surface area contributed by atoms with Crippen LogP contribution in [0.2, 0.25) is 0 Å². The maximum Gasteiger partial charge on any atom is 0.254 e. The first-order valence-electron chi connectivity index (χ1n) is 9.84. The van der Waals surface area contributed by atoms with Crippen LogP contribution in [-0.2, 0) is 13.2 Å². The van der Waals surface area contributed by atoms with Gasteiger partial charge in [0.05, 0.1) is 7.11 Å². The lowest BCUT2D eigenvalue weighted by molar-refractivity contribution is 0.0784. The molecule has 0 spiro atoms. The Balaban J connectivity index is 1.67. The fraction of sp³-hybridized carbons (Fsp3) is 0.240. The van der Waals surface area contributed by atoms with E-state index in [9.17, 15) is 4.79 Å². The van der Waals surface area contributed by atoms with Crippen molar-refractivity contribution in [1.82, 2.24) is 4.90 Å². The van der Waals surface area contributed by atoms with Gasteiger partial charge in [0.1, 0.15) is 6.61 Å². The van der Waals surface area contributed by atoms with E-state index in [0.717, 1.165) is 16.8 Å². The molecule has 0 aromatic heterocycles. The average molecular weight is 405 g/mol. The SMILES string of the molecule is COc1cc(C(=O)N(C)Cc2ccc(N(C)C)cc2)ccc1OCc1ccccc1. The molecule has 156 valence electrons. The molecular weight excluding hydrogens is 376 g/mol. The molecule has 0 bridgehead atoms. The minimum absolute atomic E-state index is 0.0698.